The summed E-state index contributed by atoms with van der Waals surface area (Å²) in [7, 11) is -3.50. The molecule has 1 saturated heterocycles. The standard InChI is InChI=1S/C22H25N3O3S2/c1-16-11-17(2)13-18(12-16)15-29-22-24-23-21(28-22)19-7-6-8-20(14-19)30(26,27)25-9-4-3-5-10-25/h6-8,11-14H,3-5,9-10,15H2,1-2H3. The fourth-order valence-electron chi connectivity index (χ4n) is 3.73. The monoisotopic (exact) mass is 443 g/mol. The molecule has 3 aromatic rings. The second kappa shape index (κ2) is 8.91. The molecule has 1 fully saturated rings. The van der Waals surface area contributed by atoms with Gasteiger partial charge in [0.25, 0.3) is 5.22 Å². The first-order chi connectivity index (χ1) is 14.4. The highest BCUT2D eigenvalue weighted by Gasteiger charge is 2.26. The minimum Gasteiger partial charge on any atom is -0.411 e. The molecular formula is C22H25N3O3S2. The quantitative estimate of drug-likeness (QED) is 0.508. The summed E-state index contributed by atoms with van der Waals surface area (Å²) >= 11 is 1.47. The van der Waals surface area contributed by atoms with Crippen molar-refractivity contribution >= 4 is 21.8 Å². The fraction of sp³-hybridized carbons (Fsp3) is 0.364. The Morgan fingerprint density at radius 3 is 2.47 bits per heavy atom. The molecule has 8 heteroatoms. The van der Waals surface area contributed by atoms with Crippen molar-refractivity contribution in [1.82, 2.24) is 14.5 Å². The van der Waals surface area contributed by atoms with Crippen LogP contribution < -0.4 is 0 Å². The Balaban J connectivity index is 1.50. The van der Waals surface area contributed by atoms with Gasteiger partial charge in [0, 0.05) is 24.4 Å². The molecule has 2 aromatic carbocycles. The van der Waals surface area contributed by atoms with Crippen molar-refractivity contribution in [1.29, 1.82) is 0 Å². The summed E-state index contributed by atoms with van der Waals surface area (Å²) in [5.74, 6) is 1.06. The van der Waals surface area contributed by atoms with Gasteiger partial charge in [-0.05, 0) is 50.5 Å². The Bertz CT molecular complexity index is 1120. The van der Waals surface area contributed by atoms with E-state index in [1.807, 2.05) is 0 Å². The normalized spacial score (nSPS) is 15.4. The number of thioether (sulfide) groups is 1. The Kier molecular flexibility index (Phi) is 6.26. The van der Waals surface area contributed by atoms with E-state index < -0.39 is 10.0 Å². The van der Waals surface area contributed by atoms with Crippen molar-refractivity contribution in [2.45, 2.75) is 49.0 Å². The van der Waals surface area contributed by atoms with Crippen LogP contribution in [0.5, 0.6) is 0 Å². The van der Waals surface area contributed by atoms with Gasteiger partial charge in [0.2, 0.25) is 15.9 Å². The summed E-state index contributed by atoms with van der Waals surface area (Å²) in [6.07, 6.45) is 2.89. The highest BCUT2D eigenvalue weighted by molar-refractivity contribution is 7.98. The van der Waals surface area contributed by atoms with Crippen molar-refractivity contribution in [2.75, 3.05) is 13.1 Å². The van der Waals surface area contributed by atoms with Crippen LogP contribution in [0, 0.1) is 13.8 Å². The van der Waals surface area contributed by atoms with Gasteiger partial charge in [0.1, 0.15) is 0 Å². The van der Waals surface area contributed by atoms with E-state index in [1.54, 1.807) is 28.6 Å². The zero-order chi connectivity index (χ0) is 21.1. The summed E-state index contributed by atoms with van der Waals surface area (Å²) in [4.78, 5) is 0.268. The molecule has 0 atom stereocenters. The SMILES string of the molecule is Cc1cc(C)cc(CSc2nnc(-c3cccc(S(=O)(=O)N4CCCCC4)c3)o2)c1. The van der Waals surface area contributed by atoms with E-state index in [-0.39, 0.29) is 4.90 Å². The van der Waals surface area contributed by atoms with Gasteiger partial charge < -0.3 is 4.42 Å². The molecule has 0 spiro atoms. The smallest absolute Gasteiger partial charge is 0.277 e. The van der Waals surface area contributed by atoms with Crippen LogP contribution in [0.4, 0.5) is 0 Å². The van der Waals surface area contributed by atoms with Crippen LogP contribution in [-0.4, -0.2) is 36.0 Å². The van der Waals surface area contributed by atoms with Gasteiger partial charge in [0.15, 0.2) is 0 Å². The molecule has 0 unspecified atom stereocenters. The Labute approximate surface area is 181 Å². The van der Waals surface area contributed by atoms with Crippen molar-refractivity contribution in [3.05, 3.63) is 59.2 Å². The lowest BCUT2D eigenvalue weighted by Gasteiger charge is -2.25. The number of hydrogen-bond acceptors (Lipinski definition) is 6. The maximum atomic E-state index is 12.9. The maximum Gasteiger partial charge on any atom is 0.277 e. The average Bonchev–Trinajstić information content (AvgIpc) is 3.21. The van der Waals surface area contributed by atoms with Crippen LogP contribution in [0.3, 0.4) is 0 Å². The second-order valence-corrected chi connectivity index (χ2v) is 10.5. The molecular weight excluding hydrogens is 418 g/mol. The molecule has 6 nitrogen and oxygen atoms in total. The second-order valence-electron chi connectivity index (χ2n) is 7.65. The number of aromatic nitrogens is 2. The molecule has 1 aliphatic heterocycles. The van der Waals surface area contributed by atoms with Crippen LogP contribution in [0.15, 0.2) is 57.0 Å². The predicted octanol–water partition coefficient (Wildman–Crippen LogP) is 4.82. The van der Waals surface area contributed by atoms with Gasteiger partial charge in [0.05, 0.1) is 4.90 Å². The summed E-state index contributed by atoms with van der Waals surface area (Å²) in [6.45, 7) is 5.31. The maximum absolute atomic E-state index is 12.9. The number of rotatable bonds is 6. The summed E-state index contributed by atoms with van der Waals surface area (Å²) in [6, 6.07) is 13.2. The molecule has 0 radical (unpaired) electrons. The van der Waals surface area contributed by atoms with E-state index in [2.05, 4.69) is 42.2 Å². The minimum absolute atomic E-state index is 0.268. The van der Waals surface area contributed by atoms with E-state index in [9.17, 15) is 8.42 Å². The predicted molar refractivity (Wildman–Crippen MR) is 118 cm³/mol. The molecule has 30 heavy (non-hydrogen) atoms. The van der Waals surface area contributed by atoms with Crippen molar-refractivity contribution in [3.63, 3.8) is 0 Å². The van der Waals surface area contributed by atoms with Crippen LogP contribution in [0.1, 0.15) is 36.0 Å². The molecule has 0 bridgehead atoms. The van der Waals surface area contributed by atoms with Gasteiger partial charge in [-0.1, -0.05) is 53.6 Å². The third-order valence-corrected chi connectivity index (χ3v) is 7.87. The molecule has 0 amide bonds. The van der Waals surface area contributed by atoms with Crippen molar-refractivity contribution < 1.29 is 12.8 Å². The molecule has 0 aliphatic carbocycles. The average molecular weight is 444 g/mol. The summed E-state index contributed by atoms with van der Waals surface area (Å²) in [5, 5.41) is 8.71. The molecule has 4 rings (SSSR count). The first kappa shape index (κ1) is 21.1. The van der Waals surface area contributed by atoms with Crippen LogP contribution in [0.2, 0.25) is 0 Å². The van der Waals surface area contributed by atoms with Gasteiger partial charge in [-0.3, -0.25) is 0 Å². The number of sulfonamides is 1. The Morgan fingerprint density at radius 1 is 1.00 bits per heavy atom. The number of nitrogens with zero attached hydrogens (tertiary/aromatic N) is 3. The fourth-order valence-corrected chi connectivity index (χ4v) is 5.98. The van der Waals surface area contributed by atoms with Gasteiger partial charge in [-0.2, -0.15) is 4.31 Å². The Morgan fingerprint density at radius 2 is 1.73 bits per heavy atom. The molecule has 0 saturated carbocycles. The largest absolute Gasteiger partial charge is 0.411 e. The summed E-state index contributed by atoms with van der Waals surface area (Å²) in [5.41, 5.74) is 4.26. The third-order valence-electron chi connectivity index (χ3n) is 5.08. The van der Waals surface area contributed by atoms with Crippen LogP contribution >= 0.6 is 11.8 Å². The van der Waals surface area contributed by atoms with Crippen molar-refractivity contribution in [3.8, 4) is 11.5 Å². The summed E-state index contributed by atoms with van der Waals surface area (Å²) < 4.78 is 33.3. The van der Waals surface area contributed by atoms with Crippen LogP contribution in [-0.2, 0) is 15.8 Å². The van der Waals surface area contributed by atoms with E-state index >= 15 is 0 Å². The van der Waals surface area contributed by atoms with Gasteiger partial charge in [-0.15, -0.1) is 10.2 Å². The zero-order valence-corrected chi connectivity index (χ0v) is 18.8. The molecule has 1 aromatic heterocycles. The van der Waals surface area contributed by atoms with E-state index in [4.69, 9.17) is 4.42 Å². The van der Waals surface area contributed by atoms with Gasteiger partial charge in [-0.25, -0.2) is 8.42 Å². The van der Waals surface area contributed by atoms with Crippen molar-refractivity contribution in [2.24, 2.45) is 0 Å². The number of piperidine rings is 1. The lowest BCUT2D eigenvalue weighted by Crippen LogP contribution is -2.35. The van der Waals surface area contributed by atoms with E-state index in [1.165, 1.54) is 28.5 Å². The highest BCUT2D eigenvalue weighted by Crippen LogP contribution is 2.29. The first-order valence-corrected chi connectivity index (χ1v) is 12.5. The van der Waals surface area contributed by atoms with Crippen LogP contribution in [0.25, 0.3) is 11.5 Å². The lowest BCUT2D eigenvalue weighted by molar-refractivity contribution is 0.346. The molecule has 0 N–H and O–H groups in total. The topological polar surface area (TPSA) is 76.3 Å². The molecule has 158 valence electrons. The molecule has 1 aliphatic rings. The third kappa shape index (κ3) is 4.77. The van der Waals surface area contributed by atoms with Gasteiger partial charge >= 0.3 is 0 Å². The minimum atomic E-state index is -3.50. The highest BCUT2D eigenvalue weighted by atomic mass is 32.2. The van der Waals surface area contributed by atoms with E-state index in [0.29, 0.717) is 29.8 Å². The number of benzene rings is 2. The first-order valence-electron chi connectivity index (χ1n) is 10.1. The number of hydrogen-bond donors (Lipinski definition) is 0. The lowest BCUT2D eigenvalue weighted by atomic mass is 10.1. The number of aryl methyl sites for hydroxylation is 2. The van der Waals surface area contributed by atoms with E-state index in [0.717, 1.165) is 25.0 Å². The zero-order valence-electron chi connectivity index (χ0n) is 17.2. The Hall–Kier alpha value is -2.16. The molecule has 2 heterocycles.